The molecule has 0 bridgehead atoms. The van der Waals surface area contributed by atoms with Crippen molar-refractivity contribution in [3.8, 4) is 0 Å². The molecule has 0 amide bonds. The van der Waals surface area contributed by atoms with Gasteiger partial charge < -0.3 is 9.73 Å². The quantitative estimate of drug-likeness (QED) is 0.887. The molecule has 0 aliphatic rings. The Bertz CT molecular complexity index is 499. The first-order valence-electron chi connectivity index (χ1n) is 5.90. The van der Waals surface area contributed by atoms with Crippen molar-refractivity contribution in [1.29, 1.82) is 0 Å². The van der Waals surface area contributed by atoms with Crippen molar-refractivity contribution in [2.75, 3.05) is 6.54 Å². The zero-order valence-electron chi connectivity index (χ0n) is 10.1. The van der Waals surface area contributed by atoms with E-state index in [9.17, 15) is 4.39 Å². The molecule has 18 heavy (non-hydrogen) atoms. The van der Waals surface area contributed by atoms with E-state index in [0.717, 1.165) is 12.1 Å². The summed E-state index contributed by atoms with van der Waals surface area (Å²) in [6.45, 7) is 2.83. The molecule has 0 aliphatic heterocycles. The van der Waals surface area contributed by atoms with Gasteiger partial charge in [0.1, 0.15) is 5.82 Å². The minimum absolute atomic E-state index is 0.0458. The lowest BCUT2D eigenvalue weighted by Gasteiger charge is -2.16. The van der Waals surface area contributed by atoms with Crippen molar-refractivity contribution in [2.45, 2.75) is 19.4 Å². The van der Waals surface area contributed by atoms with E-state index in [-0.39, 0.29) is 11.9 Å². The maximum absolute atomic E-state index is 13.8. The summed E-state index contributed by atoms with van der Waals surface area (Å²) in [7, 11) is 0. The van der Waals surface area contributed by atoms with Crippen molar-refractivity contribution >= 4 is 11.6 Å². The first kappa shape index (κ1) is 13.1. The van der Waals surface area contributed by atoms with Crippen molar-refractivity contribution in [3.63, 3.8) is 0 Å². The molecule has 0 aliphatic carbocycles. The molecule has 4 heteroatoms. The lowest BCUT2D eigenvalue weighted by atomic mass is 10.0. The van der Waals surface area contributed by atoms with E-state index >= 15 is 0 Å². The van der Waals surface area contributed by atoms with Crippen LogP contribution in [0.3, 0.4) is 0 Å². The predicted octanol–water partition coefficient (Wildman–Crippen LogP) is 3.97. The van der Waals surface area contributed by atoms with Crippen molar-refractivity contribution in [1.82, 2.24) is 5.32 Å². The third kappa shape index (κ3) is 3.12. The number of hydrogen-bond donors (Lipinski definition) is 1. The number of benzene rings is 1. The number of furan rings is 1. The average Bonchev–Trinajstić information content (AvgIpc) is 2.85. The largest absolute Gasteiger partial charge is 0.472 e. The Hall–Kier alpha value is -1.32. The lowest BCUT2D eigenvalue weighted by Crippen LogP contribution is -2.22. The second-order valence-corrected chi connectivity index (χ2v) is 4.54. The van der Waals surface area contributed by atoms with Gasteiger partial charge in [-0.3, -0.25) is 0 Å². The van der Waals surface area contributed by atoms with Gasteiger partial charge in [0.2, 0.25) is 0 Å². The van der Waals surface area contributed by atoms with E-state index in [4.69, 9.17) is 16.0 Å². The Morgan fingerprint density at radius 1 is 1.39 bits per heavy atom. The Kier molecular flexibility index (Phi) is 4.39. The smallest absolute Gasteiger partial charge is 0.127 e. The first-order chi connectivity index (χ1) is 8.70. The van der Waals surface area contributed by atoms with Gasteiger partial charge in [-0.05, 0) is 36.7 Å². The average molecular weight is 268 g/mol. The molecule has 0 radical (unpaired) electrons. The fourth-order valence-corrected chi connectivity index (χ4v) is 2.09. The Morgan fingerprint density at radius 3 is 2.83 bits per heavy atom. The van der Waals surface area contributed by atoms with Gasteiger partial charge in [-0.15, -0.1) is 0 Å². The molecule has 96 valence electrons. The van der Waals surface area contributed by atoms with E-state index < -0.39 is 0 Å². The van der Waals surface area contributed by atoms with Gasteiger partial charge >= 0.3 is 0 Å². The highest BCUT2D eigenvalue weighted by atomic mass is 35.5. The number of hydrogen-bond acceptors (Lipinski definition) is 2. The van der Waals surface area contributed by atoms with Crippen LogP contribution in [0, 0.1) is 5.82 Å². The lowest BCUT2D eigenvalue weighted by molar-refractivity contribution is 0.512. The monoisotopic (exact) mass is 267 g/mol. The van der Waals surface area contributed by atoms with Gasteiger partial charge in [0.05, 0.1) is 12.5 Å². The molecular weight excluding hydrogens is 253 g/mol. The van der Waals surface area contributed by atoms with Crippen LogP contribution in [0.15, 0.2) is 41.2 Å². The number of rotatable bonds is 5. The van der Waals surface area contributed by atoms with Crippen LogP contribution in [0.2, 0.25) is 5.02 Å². The predicted molar refractivity (Wildman–Crippen MR) is 70.2 cm³/mol. The van der Waals surface area contributed by atoms with Crippen molar-refractivity contribution < 1.29 is 8.81 Å². The molecule has 0 spiro atoms. The van der Waals surface area contributed by atoms with E-state index in [0.29, 0.717) is 17.0 Å². The highest BCUT2D eigenvalue weighted by Gasteiger charge is 2.14. The summed E-state index contributed by atoms with van der Waals surface area (Å²) >= 11 is 5.74. The van der Waals surface area contributed by atoms with Crippen LogP contribution in [0.1, 0.15) is 24.1 Å². The fraction of sp³-hybridized carbons (Fsp3) is 0.286. The topological polar surface area (TPSA) is 25.2 Å². The zero-order valence-corrected chi connectivity index (χ0v) is 10.9. The van der Waals surface area contributed by atoms with Crippen molar-refractivity contribution in [2.24, 2.45) is 0 Å². The SMILES string of the molecule is CCNC(Cc1ccc(Cl)cc1F)c1ccoc1. The number of halogens is 2. The summed E-state index contributed by atoms with van der Waals surface area (Å²) in [5, 5.41) is 3.73. The molecule has 0 fully saturated rings. The summed E-state index contributed by atoms with van der Waals surface area (Å²) in [4.78, 5) is 0. The maximum Gasteiger partial charge on any atom is 0.127 e. The molecule has 0 saturated heterocycles. The van der Waals surface area contributed by atoms with Gasteiger partial charge in [0.25, 0.3) is 0 Å². The maximum atomic E-state index is 13.8. The number of nitrogens with one attached hydrogen (secondary N) is 1. The molecule has 1 aromatic carbocycles. The van der Waals surface area contributed by atoms with Gasteiger partial charge in [0, 0.05) is 16.6 Å². The second kappa shape index (κ2) is 6.03. The van der Waals surface area contributed by atoms with Gasteiger partial charge in [0.15, 0.2) is 0 Å². The van der Waals surface area contributed by atoms with Crippen LogP contribution in [0.5, 0.6) is 0 Å². The molecule has 2 aromatic rings. The standard InChI is InChI=1S/C14H15ClFNO/c1-2-17-14(11-5-6-18-9-11)7-10-3-4-12(15)8-13(10)16/h3-6,8-9,14,17H,2,7H2,1H3. The first-order valence-corrected chi connectivity index (χ1v) is 6.28. The molecule has 2 rings (SSSR count). The number of likely N-dealkylation sites (N-methyl/N-ethyl adjacent to an activating group) is 1. The normalized spacial score (nSPS) is 12.6. The molecule has 1 heterocycles. The van der Waals surface area contributed by atoms with E-state index in [1.54, 1.807) is 24.7 Å². The van der Waals surface area contributed by atoms with Crippen LogP contribution in [0.4, 0.5) is 4.39 Å². The van der Waals surface area contributed by atoms with Gasteiger partial charge in [-0.1, -0.05) is 24.6 Å². The highest BCUT2D eigenvalue weighted by molar-refractivity contribution is 6.30. The van der Waals surface area contributed by atoms with Gasteiger partial charge in [-0.25, -0.2) is 4.39 Å². The minimum Gasteiger partial charge on any atom is -0.472 e. The third-order valence-corrected chi connectivity index (χ3v) is 3.07. The molecule has 1 aromatic heterocycles. The summed E-state index contributed by atoms with van der Waals surface area (Å²) < 4.78 is 18.8. The Labute approximate surface area is 111 Å². The van der Waals surface area contributed by atoms with E-state index in [1.807, 2.05) is 13.0 Å². The third-order valence-electron chi connectivity index (χ3n) is 2.84. The van der Waals surface area contributed by atoms with E-state index in [2.05, 4.69) is 5.32 Å². The Morgan fingerprint density at radius 2 is 2.22 bits per heavy atom. The minimum atomic E-state index is -0.270. The summed E-state index contributed by atoms with van der Waals surface area (Å²) in [5.41, 5.74) is 1.66. The summed E-state index contributed by atoms with van der Waals surface area (Å²) in [6.07, 6.45) is 3.87. The summed E-state index contributed by atoms with van der Waals surface area (Å²) in [5.74, 6) is -0.270. The van der Waals surface area contributed by atoms with E-state index in [1.165, 1.54) is 6.07 Å². The molecule has 0 saturated carbocycles. The Balaban J connectivity index is 2.18. The molecule has 1 atom stereocenters. The molecular formula is C14H15ClFNO. The summed E-state index contributed by atoms with van der Waals surface area (Å²) in [6, 6.07) is 6.71. The molecule has 1 N–H and O–H groups in total. The fourth-order valence-electron chi connectivity index (χ4n) is 1.93. The van der Waals surface area contributed by atoms with Crippen LogP contribution in [-0.4, -0.2) is 6.54 Å². The van der Waals surface area contributed by atoms with Crippen LogP contribution < -0.4 is 5.32 Å². The van der Waals surface area contributed by atoms with Crippen LogP contribution >= 0.6 is 11.6 Å². The van der Waals surface area contributed by atoms with Crippen molar-refractivity contribution in [3.05, 3.63) is 58.8 Å². The van der Waals surface area contributed by atoms with Crippen LogP contribution in [0.25, 0.3) is 0 Å². The van der Waals surface area contributed by atoms with Gasteiger partial charge in [-0.2, -0.15) is 0 Å². The molecule has 2 nitrogen and oxygen atoms in total. The highest BCUT2D eigenvalue weighted by Crippen LogP contribution is 2.22. The van der Waals surface area contributed by atoms with Crippen LogP contribution in [-0.2, 0) is 6.42 Å². The molecule has 1 unspecified atom stereocenters. The zero-order chi connectivity index (χ0) is 13.0. The second-order valence-electron chi connectivity index (χ2n) is 4.11.